The smallest absolute Gasteiger partial charge is 0.323 e. The number of rotatable bonds is 4. The number of nitrogens with zero attached hydrogens (tertiary/aromatic N) is 3. The molecule has 0 spiro atoms. The van der Waals surface area contributed by atoms with Crippen molar-refractivity contribution in [3.8, 4) is 0 Å². The van der Waals surface area contributed by atoms with Crippen LogP contribution in [-0.4, -0.2) is 34.9 Å². The first-order chi connectivity index (χ1) is 7.16. The van der Waals surface area contributed by atoms with Crippen LogP contribution >= 0.6 is 0 Å². The molecule has 0 aromatic carbocycles. The van der Waals surface area contributed by atoms with Gasteiger partial charge in [0, 0.05) is 13.0 Å². The van der Waals surface area contributed by atoms with Crippen molar-refractivity contribution in [1.29, 1.82) is 0 Å². The van der Waals surface area contributed by atoms with Crippen molar-refractivity contribution in [3.63, 3.8) is 0 Å². The number of aliphatic carboxylic acids is 1. The molecule has 1 aliphatic rings. The van der Waals surface area contributed by atoms with Crippen molar-refractivity contribution in [2.24, 2.45) is 0 Å². The summed E-state index contributed by atoms with van der Waals surface area (Å²) in [6.45, 7) is -0.0581. The summed E-state index contributed by atoms with van der Waals surface area (Å²) in [5.74, 6) is 0.309. The van der Waals surface area contributed by atoms with Gasteiger partial charge in [0.25, 0.3) is 0 Å². The van der Waals surface area contributed by atoms with Crippen LogP contribution in [0.25, 0.3) is 0 Å². The van der Waals surface area contributed by atoms with Crippen LogP contribution in [0.1, 0.15) is 24.5 Å². The number of hydrogen-bond acceptors (Lipinski definition) is 4. The number of hydrogen-bond donors (Lipinski definition) is 1. The molecule has 0 aliphatic heterocycles. The van der Waals surface area contributed by atoms with Gasteiger partial charge in [-0.2, -0.15) is 5.10 Å². The first-order valence-electron chi connectivity index (χ1n) is 4.93. The van der Waals surface area contributed by atoms with E-state index >= 15 is 0 Å². The zero-order chi connectivity index (χ0) is 10.8. The first kappa shape index (κ1) is 9.89. The van der Waals surface area contributed by atoms with E-state index in [9.17, 15) is 4.79 Å². The fraction of sp³-hybridized carbons (Fsp3) is 0.500. The molecule has 2 rings (SSSR count). The van der Waals surface area contributed by atoms with Gasteiger partial charge in [-0.1, -0.05) is 0 Å². The second kappa shape index (κ2) is 3.84. The van der Waals surface area contributed by atoms with Gasteiger partial charge in [-0.3, -0.25) is 4.79 Å². The summed E-state index contributed by atoms with van der Waals surface area (Å²) >= 11 is 0. The van der Waals surface area contributed by atoms with Gasteiger partial charge in [-0.05, 0) is 25.0 Å². The zero-order valence-electron chi connectivity index (χ0n) is 8.55. The van der Waals surface area contributed by atoms with Crippen LogP contribution in [0.5, 0.6) is 0 Å². The highest BCUT2D eigenvalue weighted by atomic mass is 16.4. The van der Waals surface area contributed by atoms with Crippen molar-refractivity contribution in [2.75, 3.05) is 18.5 Å². The highest BCUT2D eigenvalue weighted by Gasteiger charge is 2.25. The molecule has 0 unspecified atom stereocenters. The summed E-state index contributed by atoms with van der Waals surface area (Å²) < 4.78 is 0. The van der Waals surface area contributed by atoms with Crippen LogP contribution in [0.15, 0.2) is 12.1 Å². The van der Waals surface area contributed by atoms with Gasteiger partial charge in [-0.25, -0.2) is 0 Å². The molecule has 0 saturated heterocycles. The minimum absolute atomic E-state index is 0.0581. The monoisotopic (exact) mass is 207 g/mol. The lowest BCUT2D eigenvalue weighted by atomic mass is 10.3. The average Bonchev–Trinajstić information content (AvgIpc) is 3.00. The van der Waals surface area contributed by atoms with E-state index in [1.165, 1.54) is 12.8 Å². The fourth-order valence-corrected chi connectivity index (χ4v) is 1.42. The molecule has 0 bridgehead atoms. The lowest BCUT2D eigenvalue weighted by Gasteiger charge is -2.14. The summed E-state index contributed by atoms with van der Waals surface area (Å²) in [5.41, 5.74) is 1.02. The van der Waals surface area contributed by atoms with Crippen LogP contribution in [0, 0.1) is 0 Å². The molecule has 0 radical (unpaired) electrons. The molecule has 15 heavy (non-hydrogen) atoms. The molecular weight excluding hydrogens is 194 g/mol. The minimum Gasteiger partial charge on any atom is -0.480 e. The molecule has 1 saturated carbocycles. The van der Waals surface area contributed by atoms with E-state index in [0.717, 1.165) is 5.69 Å². The number of carboxylic acid groups (broad SMARTS) is 1. The van der Waals surface area contributed by atoms with Crippen LogP contribution in [-0.2, 0) is 4.79 Å². The quantitative estimate of drug-likeness (QED) is 0.793. The summed E-state index contributed by atoms with van der Waals surface area (Å²) in [5, 5.41) is 16.7. The van der Waals surface area contributed by atoms with Crippen LogP contribution in [0.3, 0.4) is 0 Å². The molecule has 0 amide bonds. The Morgan fingerprint density at radius 1 is 1.53 bits per heavy atom. The minimum atomic E-state index is -0.870. The Morgan fingerprint density at radius 2 is 2.27 bits per heavy atom. The standard InChI is InChI=1S/C10H13N3O2/c1-13(6-10(14)15)9-5-4-8(11-12-9)7-2-3-7/h4-5,7H,2-3,6H2,1H3,(H,14,15). The van der Waals surface area contributed by atoms with Crippen LogP contribution in [0.2, 0.25) is 0 Å². The lowest BCUT2D eigenvalue weighted by Crippen LogP contribution is -2.26. The normalized spacial score (nSPS) is 15.0. The Bertz CT molecular complexity index is 359. The molecule has 1 aliphatic carbocycles. The Balaban J connectivity index is 2.05. The molecular formula is C10H13N3O2. The first-order valence-corrected chi connectivity index (χ1v) is 4.93. The number of anilines is 1. The third-order valence-corrected chi connectivity index (χ3v) is 2.43. The molecule has 1 heterocycles. The maximum Gasteiger partial charge on any atom is 0.323 e. The number of carboxylic acids is 1. The van der Waals surface area contributed by atoms with E-state index in [4.69, 9.17) is 5.11 Å². The Morgan fingerprint density at radius 3 is 2.73 bits per heavy atom. The summed E-state index contributed by atoms with van der Waals surface area (Å²) in [6, 6.07) is 3.75. The summed E-state index contributed by atoms with van der Waals surface area (Å²) in [7, 11) is 1.69. The number of carbonyl (C=O) groups is 1. The second-order valence-electron chi connectivity index (χ2n) is 3.84. The third kappa shape index (κ3) is 2.43. The lowest BCUT2D eigenvalue weighted by molar-refractivity contribution is -0.135. The van der Waals surface area contributed by atoms with E-state index in [0.29, 0.717) is 11.7 Å². The van der Waals surface area contributed by atoms with Gasteiger partial charge in [0.1, 0.15) is 6.54 Å². The van der Waals surface area contributed by atoms with Gasteiger partial charge >= 0.3 is 5.97 Å². The molecule has 5 heteroatoms. The van der Waals surface area contributed by atoms with Gasteiger partial charge in [0.2, 0.25) is 0 Å². The molecule has 1 aromatic heterocycles. The molecule has 1 fully saturated rings. The molecule has 5 nitrogen and oxygen atoms in total. The van der Waals surface area contributed by atoms with Crippen molar-refractivity contribution >= 4 is 11.8 Å². The number of likely N-dealkylation sites (N-methyl/N-ethyl adjacent to an activating group) is 1. The molecule has 80 valence electrons. The van der Waals surface area contributed by atoms with E-state index in [2.05, 4.69) is 10.2 Å². The SMILES string of the molecule is CN(CC(=O)O)c1ccc(C2CC2)nn1. The Labute approximate surface area is 87.7 Å². The molecule has 1 aromatic rings. The van der Waals surface area contributed by atoms with E-state index < -0.39 is 5.97 Å². The number of aromatic nitrogens is 2. The van der Waals surface area contributed by atoms with Crippen molar-refractivity contribution < 1.29 is 9.90 Å². The van der Waals surface area contributed by atoms with Gasteiger partial charge in [0.05, 0.1) is 5.69 Å². The van der Waals surface area contributed by atoms with Crippen LogP contribution in [0.4, 0.5) is 5.82 Å². The Kier molecular flexibility index (Phi) is 2.53. The maximum atomic E-state index is 10.5. The maximum absolute atomic E-state index is 10.5. The second-order valence-corrected chi connectivity index (χ2v) is 3.84. The fourth-order valence-electron chi connectivity index (χ4n) is 1.42. The zero-order valence-corrected chi connectivity index (χ0v) is 8.55. The van der Waals surface area contributed by atoms with Gasteiger partial charge in [-0.15, -0.1) is 5.10 Å². The molecule has 0 atom stereocenters. The largest absolute Gasteiger partial charge is 0.480 e. The van der Waals surface area contributed by atoms with Crippen LogP contribution < -0.4 is 4.90 Å². The van der Waals surface area contributed by atoms with Gasteiger partial charge in [0.15, 0.2) is 5.82 Å². The molecule has 1 N–H and O–H groups in total. The Hall–Kier alpha value is -1.65. The average molecular weight is 207 g/mol. The summed E-state index contributed by atoms with van der Waals surface area (Å²) in [6.07, 6.45) is 2.39. The highest BCUT2D eigenvalue weighted by Crippen LogP contribution is 2.38. The van der Waals surface area contributed by atoms with E-state index in [-0.39, 0.29) is 6.54 Å². The van der Waals surface area contributed by atoms with Crippen molar-refractivity contribution in [3.05, 3.63) is 17.8 Å². The predicted octanol–water partition coefficient (Wildman–Crippen LogP) is 0.875. The van der Waals surface area contributed by atoms with Crippen molar-refractivity contribution in [2.45, 2.75) is 18.8 Å². The van der Waals surface area contributed by atoms with E-state index in [1.54, 1.807) is 11.9 Å². The van der Waals surface area contributed by atoms with E-state index in [1.807, 2.05) is 12.1 Å². The highest BCUT2D eigenvalue weighted by molar-refractivity contribution is 5.72. The van der Waals surface area contributed by atoms with Crippen molar-refractivity contribution in [1.82, 2.24) is 10.2 Å². The summed E-state index contributed by atoms with van der Waals surface area (Å²) in [4.78, 5) is 12.0. The topological polar surface area (TPSA) is 66.3 Å². The van der Waals surface area contributed by atoms with Gasteiger partial charge < -0.3 is 10.0 Å². The predicted molar refractivity (Wildman–Crippen MR) is 54.9 cm³/mol. The third-order valence-electron chi connectivity index (χ3n) is 2.43.